The molecule has 0 spiro atoms. The van der Waals surface area contributed by atoms with Gasteiger partial charge in [0.25, 0.3) is 5.91 Å². The smallest absolute Gasteiger partial charge is 0.295 e. The van der Waals surface area contributed by atoms with Crippen LogP contribution >= 0.6 is 0 Å². The van der Waals surface area contributed by atoms with E-state index in [-0.39, 0.29) is 11.6 Å². The summed E-state index contributed by atoms with van der Waals surface area (Å²) >= 11 is 0. The van der Waals surface area contributed by atoms with E-state index < -0.39 is 5.91 Å². The SMILES string of the molecule is Cc1cccc(-n2nc(C(=O)Nc3ccc(C)cc3C)nc2-c2ccc(F)cc2)c1. The second-order valence-electron chi connectivity index (χ2n) is 7.29. The van der Waals surface area contributed by atoms with Crippen molar-refractivity contribution < 1.29 is 9.18 Å². The van der Waals surface area contributed by atoms with Crippen molar-refractivity contribution in [2.24, 2.45) is 0 Å². The minimum Gasteiger partial charge on any atom is -0.319 e. The monoisotopic (exact) mass is 400 g/mol. The number of aryl methyl sites for hydroxylation is 3. The Bertz CT molecular complexity index is 1230. The van der Waals surface area contributed by atoms with E-state index in [2.05, 4.69) is 15.4 Å². The van der Waals surface area contributed by atoms with Gasteiger partial charge in [-0.3, -0.25) is 4.79 Å². The van der Waals surface area contributed by atoms with Crippen LogP contribution in [0, 0.1) is 26.6 Å². The molecule has 1 heterocycles. The highest BCUT2D eigenvalue weighted by Gasteiger charge is 2.19. The van der Waals surface area contributed by atoms with Gasteiger partial charge < -0.3 is 5.32 Å². The number of rotatable bonds is 4. The molecule has 1 N–H and O–H groups in total. The van der Waals surface area contributed by atoms with E-state index in [1.807, 2.05) is 63.2 Å². The van der Waals surface area contributed by atoms with Crippen molar-refractivity contribution in [2.75, 3.05) is 5.32 Å². The second-order valence-corrected chi connectivity index (χ2v) is 7.29. The Hall–Kier alpha value is -3.80. The third-order valence-corrected chi connectivity index (χ3v) is 4.79. The molecule has 5 nitrogen and oxygen atoms in total. The first-order valence-electron chi connectivity index (χ1n) is 9.59. The van der Waals surface area contributed by atoms with Crippen molar-refractivity contribution >= 4 is 11.6 Å². The standard InChI is InChI=1S/C24H21FN4O/c1-15-5-4-6-20(14-15)29-23(18-8-10-19(25)11-9-18)27-22(28-29)24(30)26-21-12-7-16(2)13-17(21)3/h4-14H,1-3H3,(H,26,30). The summed E-state index contributed by atoms with van der Waals surface area (Å²) in [5.74, 6) is -0.243. The van der Waals surface area contributed by atoms with Crippen LogP contribution in [-0.2, 0) is 0 Å². The highest BCUT2D eigenvalue weighted by atomic mass is 19.1. The fraction of sp³-hybridized carbons (Fsp3) is 0.125. The van der Waals surface area contributed by atoms with E-state index in [1.165, 1.54) is 12.1 Å². The van der Waals surface area contributed by atoms with Gasteiger partial charge in [0.1, 0.15) is 5.82 Å². The number of halogens is 1. The van der Waals surface area contributed by atoms with Crippen LogP contribution in [0.3, 0.4) is 0 Å². The van der Waals surface area contributed by atoms with Crippen molar-refractivity contribution in [3.8, 4) is 17.1 Å². The second kappa shape index (κ2) is 7.91. The number of nitrogens with one attached hydrogen (secondary N) is 1. The summed E-state index contributed by atoms with van der Waals surface area (Å²) in [4.78, 5) is 17.4. The molecule has 3 aromatic carbocycles. The summed E-state index contributed by atoms with van der Waals surface area (Å²) in [6.45, 7) is 5.91. The fourth-order valence-corrected chi connectivity index (χ4v) is 3.27. The third kappa shape index (κ3) is 3.98. The molecule has 0 radical (unpaired) electrons. The zero-order valence-electron chi connectivity index (χ0n) is 17.0. The molecule has 0 fully saturated rings. The van der Waals surface area contributed by atoms with E-state index in [0.29, 0.717) is 17.1 Å². The summed E-state index contributed by atoms with van der Waals surface area (Å²) in [5, 5.41) is 7.34. The average Bonchev–Trinajstić information content (AvgIpc) is 3.16. The number of benzene rings is 3. The van der Waals surface area contributed by atoms with Crippen LogP contribution in [-0.4, -0.2) is 20.7 Å². The minimum atomic E-state index is -0.406. The maximum atomic E-state index is 13.4. The van der Waals surface area contributed by atoms with Crippen molar-refractivity contribution in [3.63, 3.8) is 0 Å². The first kappa shape index (κ1) is 19.5. The van der Waals surface area contributed by atoms with Crippen molar-refractivity contribution in [1.29, 1.82) is 0 Å². The lowest BCUT2D eigenvalue weighted by Gasteiger charge is -2.07. The van der Waals surface area contributed by atoms with Gasteiger partial charge in [0.15, 0.2) is 5.82 Å². The molecule has 30 heavy (non-hydrogen) atoms. The normalized spacial score (nSPS) is 10.8. The van der Waals surface area contributed by atoms with Crippen LogP contribution in [0.2, 0.25) is 0 Å². The Morgan fingerprint density at radius 2 is 1.67 bits per heavy atom. The molecule has 6 heteroatoms. The molecule has 0 aliphatic heterocycles. The van der Waals surface area contributed by atoms with Gasteiger partial charge in [-0.25, -0.2) is 14.1 Å². The number of anilines is 1. The molecule has 0 bridgehead atoms. The van der Waals surface area contributed by atoms with Crippen molar-refractivity contribution in [1.82, 2.24) is 14.8 Å². The van der Waals surface area contributed by atoms with Gasteiger partial charge in [0, 0.05) is 11.3 Å². The highest BCUT2D eigenvalue weighted by Crippen LogP contribution is 2.23. The summed E-state index contributed by atoms with van der Waals surface area (Å²) < 4.78 is 15.0. The van der Waals surface area contributed by atoms with Gasteiger partial charge in [0.05, 0.1) is 5.69 Å². The Morgan fingerprint density at radius 3 is 2.37 bits per heavy atom. The largest absolute Gasteiger partial charge is 0.319 e. The van der Waals surface area contributed by atoms with Gasteiger partial charge in [-0.1, -0.05) is 29.8 Å². The predicted molar refractivity (Wildman–Crippen MR) is 115 cm³/mol. The number of carbonyl (C=O) groups is 1. The van der Waals surface area contributed by atoms with Gasteiger partial charge in [-0.05, 0) is 74.4 Å². The van der Waals surface area contributed by atoms with Crippen LogP contribution < -0.4 is 5.32 Å². The third-order valence-electron chi connectivity index (χ3n) is 4.79. The maximum Gasteiger partial charge on any atom is 0.295 e. The van der Waals surface area contributed by atoms with Crippen LogP contribution in [0.4, 0.5) is 10.1 Å². The topological polar surface area (TPSA) is 59.8 Å². The van der Waals surface area contributed by atoms with Crippen LogP contribution in [0.15, 0.2) is 66.7 Å². The fourth-order valence-electron chi connectivity index (χ4n) is 3.27. The summed E-state index contributed by atoms with van der Waals surface area (Å²) in [6.07, 6.45) is 0. The molecule has 0 aliphatic carbocycles. The zero-order valence-corrected chi connectivity index (χ0v) is 17.0. The van der Waals surface area contributed by atoms with Crippen LogP contribution in [0.1, 0.15) is 27.3 Å². The summed E-state index contributed by atoms with van der Waals surface area (Å²) in [6, 6.07) is 19.5. The quantitative estimate of drug-likeness (QED) is 0.509. The molecule has 0 atom stereocenters. The maximum absolute atomic E-state index is 13.4. The van der Waals surface area contributed by atoms with E-state index in [0.717, 1.165) is 22.4 Å². The van der Waals surface area contributed by atoms with Crippen LogP contribution in [0.5, 0.6) is 0 Å². The molecule has 1 aromatic heterocycles. The number of carbonyl (C=O) groups excluding carboxylic acids is 1. The molecule has 1 amide bonds. The number of nitrogens with zero attached hydrogens (tertiary/aromatic N) is 3. The number of hydrogen-bond acceptors (Lipinski definition) is 3. The zero-order chi connectivity index (χ0) is 21.3. The highest BCUT2D eigenvalue weighted by molar-refractivity contribution is 6.02. The minimum absolute atomic E-state index is 0.0378. The van der Waals surface area contributed by atoms with E-state index in [1.54, 1.807) is 16.8 Å². The number of amides is 1. The van der Waals surface area contributed by atoms with Crippen molar-refractivity contribution in [3.05, 3.63) is 95.1 Å². The first-order chi connectivity index (χ1) is 14.4. The van der Waals surface area contributed by atoms with Crippen LogP contribution in [0.25, 0.3) is 17.1 Å². The number of hydrogen-bond donors (Lipinski definition) is 1. The predicted octanol–water partition coefficient (Wildman–Crippen LogP) is 5.25. The summed E-state index contributed by atoms with van der Waals surface area (Å²) in [5.41, 5.74) is 5.27. The molecular formula is C24H21FN4O. The molecule has 0 unspecified atom stereocenters. The van der Waals surface area contributed by atoms with Gasteiger partial charge in [-0.2, -0.15) is 0 Å². The van der Waals surface area contributed by atoms with Gasteiger partial charge in [0.2, 0.25) is 5.82 Å². The molecule has 0 aliphatic rings. The average molecular weight is 400 g/mol. The first-order valence-corrected chi connectivity index (χ1v) is 9.59. The Kier molecular flexibility index (Phi) is 5.14. The van der Waals surface area contributed by atoms with Gasteiger partial charge in [-0.15, -0.1) is 5.10 Å². The molecule has 150 valence electrons. The molecule has 0 saturated carbocycles. The van der Waals surface area contributed by atoms with Gasteiger partial charge >= 0.3 is 0 Å². The lowest BCUT2D eigenvalue weighted by Crippen LogP contribution is -2.15. The van der Waals surface area contributed by atoms with Crippen molar-refractivity contribution in [2.45, 2.75) is 20.8 Å². The van der Waals surface area contributed by atoms with E-state index >= 15 is 0 Å². The Balaban J connectivity index is 1.76. The van der Waals surface area contributed by atoms with E-state index in [9.17, 15) is 9.18 Å². The lowest BCUT2D eigenvalue weighted by molar-refractivity contribution is 0.101. The Morgan fingerprint density at radius 1 is 0.933 bits per heavy atom. The summed E-state index contributed by atoms with van der Waals surface area (Å²) in [7, 11) is 0. The molecule has 0 saturated heterocycles. The Labute approximate surface area is 174 Å². The van der Waals surface area contributed by atoms with E-state index in [4.69, 9.17) is 0 Å². The number of aromatic nitrogens is 3. The molecule has 4 aromatic rings. The molecule has 4 rings (SSSR count). The lowest BCUT2D eigenvalue weighted by atomic mass is 10.1. The molecular weight excluding hydrogens is 379 g/mol.